The van der Waals surface area contributed by atoms with Crippen LogP contribution in [-0.4, -0.2) is 5.25 Å². The van der Waals surface area contributed by atoms with Crippen LogP contribution in [0.1, 0.15) is 12.8 Å². The number of hydrogen-bond donors (Lipinski definition) is 0. The molecule has 1 aliphatic rings. The summed E-state index contributed by atoms with van der Waals surface area (Å²) in [5.74, 6) is 0. The van der Waals surface area contributed by atoms with E-state index in [4.69, 9.17) is 23.2 Å². The topological polar surface area (TPSA) is 0 Å². The van der Waals surface area contributed by atoms with E-state index in [2.05, 4.69) is 0 Å². The summed E-state index contributed by atoms with van der Waals surface area (Å²) in [5.41, 5.74) is 0. The van der Waals surface area contributed by atoms with Gasteiger partial charge in [-0.15, -0.1) is 11.8 Å². The quantitative estimate of drug-likeness (QED) is 0.716. The van der Waals surface area contributed by atoms with Gasteiger partial charge in [-0.3, -0.25) is 0 Å². The maximum Gasteiger partial charge on any atom is 0.0557 e. The molecule has 0 atom stereocenters. The average Bonchev–Trinajstić information content (AvgIpc) is 2.80. The highest BCUT2D eigenvalue weighted by Crippen LogP contribution is 2.44. The summed E-state index contributed by atoms with van der Waals surface area (Å²) in [6.07, 6.45) is 2.60. The van der Waals surface area contributed by atoms with Crippen molar-refractivity contribution in [3.8, 4) is 0 Å². The molecule has 1 fully saturated rings. The molecule has 1 saturated carbocycles. The van der Waals surface area contributed by atoms with Crippen molar-refractivity contribution in [1.82, 2.24) is 0 Å². The predicted octanol–water partition coefficient (Wildman–Crippen LogP) is 4.25. The third-order valence-electron chi connectivity index (χ3n) is 1.73. The van der Waals surface area contributed by atoms with Gasteiger partial charge in [0, 0.05) is 10.1 Å². The first-order valence-corrected chi connectivity index (χ1v) is 5.51. The van der Waals surface area contributed by atoms with Crippen LogP contribution >= 0.6 is 35.0 Å². The third kappa shape index (κ3) is 1.90. The normalized spacial score (nSPS) is 16.5. The molecular formula is C9H8Cl2S. The van der Waals surface area contributed by atoms with E-state index in [9.17, 15) is 0 Å². The SMILES string of the molecule is Clc1cccc(Cl)c1SC1CC1. The molecule has 0 spiro atoms. The maximum atomic E-state index is 6.00. The van der Waals surface area contributed by atoms with Crippen LogP contribution in [0.2, 0.25) is 10.0 Å². The first kappa shape index (κ1) is 8.74. The van der Waals surface area contributed by atoms with E-state index in [0.717, 1.165) is 20.2 Å². The monoisotopic (exact) mass is 218 g/mol. The zero-order chi connectivity index (χ0) is 8.55. The fourth-order valence-corrected chi connectivity index (χ4v) is 2.68. The summed E-state index contributed by atoms with van der Waals surface area (Å²) < 4.78 is 0. The molecule has 3 heteroatoms. The second-order valence-electron chi connectivity index (χ2n) is 2.87. The van der Waals surface area contributed by atoms with Crippen molar-refractivity contribution in [2.24, 2.45) is 0 Å². The molecule has 0 bridgehead atoms. The van der Waals surface area contributed by atoms with Crippen LogP contribution in [0.15, 0.2) is 23.1 Å². The predicted molar refractivity (Wildman–Crippen MR) is 55.3 cm³/mol. The minimum atomic E-state index is 0.752. The van der Waals surface area contributed by atoms with Crippen molar-refractivity contribution in [3.63, 3.8) is 0 Å². The summed E-state index contributed by atoms with van der Waals surface area (Å²) in [4.78, 5) is 1.04. The lowest BCUT2D eigenvalue weighted by molar-refractivity contribution is 1.42. The minimum Gasteiger partial charge on any atom is -0.120 e. The van der Waals surface area contributed by atoms with Gasteiger partial charge in [-0.05, 0) is 25.0 Å². The number of hydrogen-bond acceptors (Lipinski definition) is 1. The van der Waals surface area contributed by atoms with Crippen LogP contribution in [0, 0.1) is 0 Å². The summed E-state index contributed by atoms with van der Waals surface area (Å²) in [6, 6.07) is 5.65. The van der Waals surface area contributed by atoms with Crippen molar-refractivity contribution in [3.05, 3.63) is 28.2 Å². The zero-order valence-electron chi connectivity index (χ0n) is 6.39. The Kier molecular flexibility index (Phi) is 2.54. The second-order valence-corrected chi connectivity index (χ2v) is 4.99. The Morgan fingerprint density at radius 2 is 1.75 bits per heavy atom. The van der Waals surface area contributed by atoms with E-state index in [0.29, 0.717) is 0 Å². The molecular weight excluding hydrogens is 211 g/mol. The molecule has 0 heterocycles. The lowest BCUT2D eigenvalue weighted by Gasteiger charge is -2.03. The van der Waals surface area contributed by atoms with Crippen LogP contribution in [0.4, 0.5) is 0 Å². The Bertz CT molecular complexity index is 274. The Morgan fingerprint density at radius 3 is 2.25 bits per heavy atom. The first-order chi connectivity index (χ1) is 5.77. The minimum absolute atomic E-state index is 0.752. The molecule has 0 unspecified atom stereocenters. The van der Waals surface area contributed by atoms with Crippen LogP contribution in [0.3, 0.4) is 0 Å². The third-order valence-corrected chi connectivity index (χ3v) is 4.06. The van der Waals surface area contributed by atoms with Gasteiger partial charge in [-0.25, -0.2) is 0 Å². The number of thioether (sulfide) groups is 1. The number of benzene rings is 1. The van der Waals surface area contributed by atoms with Gasteiger partial charge in [0.25, 0.3) is 0 Å². The van der Waals surface area contributed by atoms with E-state index in [1.54, 1.807) is 11.8 Å². The van der Waals surface area contributed by atoms with Gasteiger partial charge in [0.05, 0.1) is 10.0 Å². The molecule has 2 rings (SSSR count). The van der Waals surface area contributed by atoms with Crippen molar-refractivity contribution >= 4 is 35.0 Å². The largest absolute Gasteiger partial charge is 0.120 e. The highest BCUT2D eigenvalue weighted by molar-refractivity contribution is 8.00. The maximum absolute atomic E-state index is 6.00. The average molecular weight is 219 g/mol. The highest BCUT2D eigenvalue weighted by Gasteiger charge is 2.24. The standard InChI is InChI=1S/C9H8Cl2S/c10-7-2-1-3-8(11)9(7)12-6-4-5-6/h1-3,6H,4-5H2. The zero-order valence-corrected chi connectivity index (χ0v) is 8.72. The van der Waals surface area contributed by atoms with Gasteiger partial charge < -0.3 is 0 Å². The van der Waals surface area contributed by atoms with Crippen molar-refractivity contribution in [1.29, 1.82) is 0 Å². The van der Waals surface area contributed by atoms with Crippen LogP contribution in [0.5, 0.6) is 0 Å². The molecule has 1 aromatic carbocycles. The lowest BCUT2D eigenvalue weighted by atomic mass is 10.4. The molecule has 0 radical (unpaired) electrons. The van der Waals surface area contributed by atoms with Crippen molar-refractivity contribution < 1.29 is 0 Å². The molecule has 0 amide bonds. The van der Waals surface area contributed by atoms with E-state index in [1.165, 1.54) is 12.8 Å². The van der Waals surface area contributed by atoms with Gasteiger partial charge in [-0.2, -0.15) is 0 Å². The van der Waals surface area contributed by atoms with Gasteiger partial charge in [0.2, 0.25) is 0 Å². The Balaban J connectivity index is 2.26. The summed E-state index contributed by atoms with van der Waals surface area (Å²) in [6.45, 7) is 0. The van der Waals surface area contributed by atoms with E-state index in [-0.39, 0.29) is 0 Å². The highest BCUT2D eigenvalue weighted by atomic mass is 35.5. The second kappa shape index (κ2) is 3.49. The van der Waals surface area contributed by atoms with E-state index >= 15 is 0 Å². The molecule has 0 nitrogen and oxygen atoms in total. The number of halogens is 2. The molecule has 64 valence electrons. The van der Waals surface area contributed by atoms with Gasteiger partial charge >= 0.3 is 0 Å². The van der Waals surface area contributed by atoms with Gasteiger partial charge in [0.1, 0.15) is 0 Å². The Morgan fingerprint density at radius 1 is 1.17 bits per heavy atom. The van der Waals surface area contributed by atoms with Crippen LogP contribution < -0.4 is 0 Å². The summed E-state index contributed by atoms with van der Waals surface area (Å²) in [7, 11) is 0. The summed E-state index contributed by atoms with van der Waals surface area (Å²) in [5, 5.41) is 2.31. The van der Waals surface area contributed by atoms with E-state index < -0.39 is 0 Å². The number of rotatable bonds is 2. The fraction of sp³-hybridized carbons (Fsp3) is 0.333. The smallest absolute Gasteiger partial charge is 0.0557 e. The first-order valence-electron chi connectivity index (χ1n) is 3.88. The van der Waals surface area contributed by atoms with Crippen molar-refractivity contribution in [2.75, 3.05) is 0 Å². The van der Waals surface area contributed by atoms with Gasteiger partial charge in [0.15, 0.2) is 0 Å². The molecule has 0 aromatic heterocycles. The lowest BCUT2D eigenvalue weighted by Crippen LogP contribution is -1.78. The molecule has 1 aromatic rings. The van der Waals surface area contributed by atoms with Gasteiger partial charge in [-0.1, -0.05) is 29.3 Å². The van der Waals surface area contributed by atoms with Crippen LogP contribution in [0.25, 0.3) is 0 Å². The molecule has 12 heavy (non-hydrogen) atoms. The molecule has 0 saturated heterocycles. The Labute approximate surface area is 86.3 Å². The fourth-order valence-electron chi connectivity index (χ4n) is 0.948. The molecule has 0 N–H and O–H groups in total. The molecule has 1 aliphatic carbocycles. The van der Waals surface area contributed by atoms with Crippen molar-refractivity contribution in [2.45, 2.75) is 23.0 Å². The Hall–Kier alpha value is 0.150. The van der Waals surface area contributed by atoms with Crippen LogP contribution in [-0.2, 0) is 0 Å². The van der Waals surface area contributed by atoms with E-state index in [1.807, 2.05) is 18.2 Å². The summed E-state index contributed by atoms with van der Waals surface area (Å²) >= 11 is 13.8. The molecule has 0 aliphatic heterocycles.